The van der Waals surface area contributed by atoms with Gasteiger partial charge in [0.1, 0.15) is 5.75 Å². The van der Waals surface area contributed by atoms with Gasteiger partial charge in [-0.3, -0.25) is 0 Å². The average Bonchev–Trinajstić information content (AvgIpc) is 3.12. The zero-order valence-corrected chi connectivity index (χ0v) is 14.6. The van der Waals surface area contributed by atoms with Gasteiger partial charge in [-0.05, 0) is 67.6 Å². The van der Waals surface area contributed by atoms with Crippen molar-refractivity contribution in [2.24, 2.45) is 17.8 Å². The summed E-state index contributed by atoms with van der Waals surface area (Å²) in [5, 5.41) is 9.13. The van der Waals surface area contributed by atoms with Crippen LogP contribution < -0.4 is 0 Å². The Morgan fingerprint density at radius 2 is 1.45 bits per heavy atom. The molecular formula is C21H34O. The van der Waals surface area contributed by atoms with Gasteiger partial charge >= 0.3 is 0 Å². The number of aryl methyl sites for hydroxylation is 1. The molecule has 2 aliphatic rings. The molecule has 22 heavy (non-hydrogen) atoms. The van der Waals surface area contributed by atoms with Crippen LogP contribution in [0, 0.1) is 17.8 Å². The van der Waals surface area contributed by atoms with Crippen LogP contribution in [0.25, 0.3) is 0 Å². The van der Waals surface area contributed by atoms with E-state index in [1.165, 1.54) is 55.9 Å². The predicted molar refractivity (Wildman–Crippen MR) is 95.2 cm³/mol. The maximum absolute atomic E-state index is 9.13. The van der Waals surface area contributed by atoms with E-state index >= 15 is 0 Å². The summed E-state index contributed by atoms with van der Waals surface area (Å²) in [6, 6.07) is 7.57. The lowest BCUT2D eigenvalue weighted by molar-refractivity contribution is 0.475. The summed E-state index contributed by atoms with van der Waals surface area (Å²) in [6.45, 7) is 4.63. The monoisotopic (exact) mass is 302 g/mol. The smallest absolute Gasteiger partial charge is 0.115 e. The van der Waals surface area contributed by atoms with Gasteiger partial charge in [0.2, 0.25) is 0 Å². The zero-order chi connectivity index (χ0) is 15.8. The van der Waals surface area contributed by atoms with Crippen molar-refractivity contribution in [1.29, 1.82) is 0 Å². The number of rotatable bonds is 7. The quantitative estimate of drug-likeness (QED) is 0.582. The first-order valence-corrected chi connectivity index (χ1v) is 9.47. The van der Waals surface area contributed by atoms with E-state index in [9.17, 15) is 0 Å². The van der Waals surface area contributed by atoms with Crippen LogP contribution in [0.15, 0.2) is 24.3 Å². The van der Waals surface area contributed by atoms with E-state index < -0.39 is 0 Å². The van der Waals surface area contributed by atoms with Gasteiger partial charge in [-0.15, -0.1) is 0 Å². The largest absolute Gasteiger partial charge is 0.508 e. The Morgan fingerprint density at radius 3 is 2.00 bits per heavy atom. The van der Waals surface area contributed by atoms with Gasteiger partial charge in [0.05, 0.1) is 0 Å². The van der Waals surface area contributed by atoms with Crippen molar-refractivity contribution in [3.05, 3.63) is 29.8 Å². The highest BCUT2D eigenvalue weighted by atomic mass is 16.3. The van der Waals surface area contributed by atoms with Gasteiger partial charge in [0, 0.05) is 0 Å². The molecule has 0 amide bonds. The van der Waals surface area contributed by atoms with Crippen LogP contribution in [0.5, 0.6) is 5.75 Å². The third kappa shape index (κ3) is 6.42. The number of unbranched alkanes of at least 4 members (excludes halogenated alkanes) is 5. The third-order valence-corrected chi connectivity index (χ3v) is 5.23. The summed E-state index contributed by atoms with van der Waals surface area (Å²) in [5.74, 6) is 3.82. The topological polar surface area (TPSA) is 20.2 Å². The van der Waals surface area contributed by atoms with Crippen molar-refractivity contribution in [3.63, 3.8) is 0 Å². The second-order valence-electron chi connectivity index (χ2n) is 7.52. The van der Waals surface area contributed by atoms with Crippen molar-refractivity contribution < 1.29 is 5.11 Å². The minimum absolute atomic E-state index is 0.363. The maximum atomic E-state index is 9.13. The zero-order valence-electron chi connectivity index (χ0n) is 14.6. The highest BCUT2D eigenvalue weighted by molar-refractivity contribution is 5.25. The molecule has 2 fully saturated rings. The second kappa shape index (κ2) is 9.22. The number of hydrogen-bond acceptors (Lipinski definition) is 1. The van der Waals surface area contributed by atoms with Crippen LogP contribution in [0.2, 0.25) is 0 Å². The second-order valence-corrected chi connectivity index (χ2v) is 7.52. The molecule has 1 heteroatoms. The Morgan fingerprint density at radius 1 is 0.864 bits per heavy atom. The van der Waals surface area contributed by atoms with Gasteiger partial charge in [-0.25, -0.2) is 0 Å². The minimum atomic E-state index is 0.363. The van der Waals surface area contributed by atoms with Crippen molar-refractivity contribution >= 4 is 0 Å². The van der Waals surface area contributed by atoms with Crippen molar-refractivity contribution in [2.45, 2.75) is 78.1 Å². The maximum Gasteiger partial charge on any atom is 0.115 e. The first-order valence-electron chi connectivity index (χ1n) is 9.47. The van der Waals surface area contributed by atoms with Crippen molar-refractivity contribution in [2.75, 3.05) is 0 Å². The molecule has 1 aromatic carbocycles. The number of hydrogen-bond donors (Lipinski definition) is 1. The lowest BCUT2D eigenvalue weighted by Gasteiger charge is -2.02. The molecule has 1 N–H and O–H groups in total. The summed E-state index contributed by atoms with van der Waals surface area (Å²) in [4.78, 5) is 0. The van der Waals surface area contributed by atoms with Crippen LogP contribution in [-0.4, -0.2) is 5.11 Å². The van der Waals surface area contributed by atoms with Gasteiger partial charge in [-0.1, -0.05) is 58.1 Å². The fraction of sp³-hybridized carbons (Fsp3) is 0.714. The predicted octanol–water partition coefficient (Wildman–Crippen LogP) is 6.35. The molecule has 0 spiro atoms. The van der Waals surface area contributed by atoms with Gasteiger partial charge in [-0.2, -0.15) is 0 Å². The molecule has 0 heterocycles. The van der Waals surface area contributed by atoms with Gasteiger partial charge in [0.15, 0.2) is 0 Å². The minimum Gasteiger partial charge on any atom is -0.508 e. The Kier molecular flexibility index (Phi) is 7.29. The number of phenolic OH excluding ortho intramolecular Hbond substituents is 1. The van der Waals surface area contributed by atoms with Gasteiger partial charge in [0.25, 0.3) is 0 Å². The number of benzene rings is 1. The molecule has 2 unspecified atom stereocenters. The van der Waals surface area contributed by atoms with E-state index in [0.29, 0.717) is 5.75 Å². The Labute approximate surface area is 137 Å². The lowest BCUT2D eigenvalue weighted by Crippen LogP contribution is -1.86. The molecule has 2 atom stereocenters. The molecule has 2 saturated carbocycles. The molecule has 3 rings (SSSR count). The summed E-state index contributed by atoms with van der Waals surface area (Å²) < 4.78 is 0. The van der Waals surface area contributed by atoms with E-state index in [-0.39, 0.29) is 0 Å². The molecule has 124 valence electrons. The molecule has 0 aliphatic heterocycles. The summed E-state index contributed by atoms with van der Waals surface area (Å²) in [6.07, 6.45) is 13.9. The third-order valence-electron chi connectivity index (χ3n) is 5.23. The highest BCUT2D eigenvalue weighted by Crippen LogP contribution is 2.53. The Hall–Kier alpha value is -0.980. The molecule has 1 nitrogen and oxygen atoms in total. The van der Waals surface area contributed by atoms with Crippen molar-refractivity contribution in [3.8, 4) is 5.75 Å². The first kappa shape index (κ1) is 17.4. The average molecular weight is 303 g/mol. The Balaban J connectivity index is 0.000000205. The SMILES string of the molecule is CC1CC2CC2C1.CCCCCCCCc1ccc(O)cc1. The lowest BCUT2D eigenvalue weighted by atomic mass is 10.1. The molecule has 0 radical (unpaired) electrons. The standard InChI is InChI=1S/C14H22O.C7H12/c1-2-3-4-5-6-7-8-13-9-11-14(15)12-10-13;1-5-2-6-4-7(6)3-5/h9-12,15H,2-8H2,1H3;5-7H,2-4H2,1H3. The van der Waals surface area contributed by atoms with Crippen LogP contribution in [0.3, 0.4) is 0 Å². The van der Waals surface area contributed by atoms with Gasteiger partial charge < -0.3 is 5.11 Å². The normalized spacial score (nSPS) is 25.3. The molecule has 0 aromatic heterocycles. The molecule has 2 aliphatic carbocycles. The van der Waals surface area contributed by atoms with Crippen LogP contribution in [0.1, 0.15) is 77.2 Å². The first-order chi connectivity index (χ1) is 10.7. The molecule has 0 saturated heterocycles. The molecule has 0 bridgehead atoms. The van der Waals surface area contributed by atoms with E-state index in [2.05, 4.69) is 13.8 Å². The van der Waals surface area contributed by atoms with Crippen LogP contribution in [-0.2, 0) is 6.42 Å². The molecular weight excluding hydrogens is 268 g/mol. The fourth-order valence-corrected chi connectivity index (χ4v) is 3.79. The van der Waals surface area contributed by atoms with E-state index in [0.717, 1.165) is 12.3 Å². The van der Waals surface area contributed by atoms with E-state index in [4.69, 9.17) is 5.11 Å². The number of aromatic hydroxyl groups is 1. The summed E-state index contributed by atoms with van der Waals surface area (Å²) in [5.41, 5.74) is 1.34. The number of fused-ring (bicyclic) bond motifs is 1. The Bertz CT molecular complexity index is 398. The van der Waals surface area contributed by atoms with E-state index in [1.54, 1.807) is 31.4 Å². The highest BCUT2D eigenvalue weighted by Gasteiger charge is 2.43. The molecule has 1 aromatic rings. The number of phenols is 1. The summed E-state index contributed by atoms with van der Waals surface area (Å²) >= 11 is 0. The summed E-state index contributed by atoms with van der Waals surface area (Å²) in [7, 11) is 0. The van der Waals surface area contributed by atoms with Crippen molar-refractivity contribution in [1.82, 2.24) is 0 Å². The van der Waals surface area contributed by atoms with E-state index in [1.807, 2.05) is 12.1 Å². The van der Waals surface area contributed by atoms with Crippen LogP contribution >= 0.6 is 0 Å². The fourth-order valence-electron chi connectivity index (χ4n) is 3.79. The van der Waals surface area contributed by atoms with Crippen LogP contribution in [0.4, 0.5) is 0 Å².